The minimum absolute atomic E-state index is 0.405. The van der Waals surface area contributed by atoms with Gasteiger partial charge in [-0.25, -0.2) is 0 Å². The fraction of sp³-hybridized carbons (Fsp3) is 0.474. The van der Waals surface area contributed by atoms with E-state index in [9.17, 15) is 0 Å². The van der Waals surface area contributed by atoms with Crippen LogP contribution in [0.15, 0.2) is 36.4 Å². The van der Waals surface area contributed by atoms with Crippen LogP contribution in [0.25, 0.3) is 10.8 Å². The third kappa shape index (κ3) is 3.12. The molecule has 0 radical (unpaired) electrons. The van der Waals surface area contributed by atoms with Gasteiger partial charge in [-0.15, -0.1) is 0 Å². The lowest BCUT2D eigenvalue weighted by molar-refractivity contribution is 0.478. The number of hydrogen-bond donors (Lipinski definition) is 2. The highest BCUT2D eigenvalue weighted by atomic mass is 15.0. The summed E-state index contributed by atoms with van der Waals surface area (Å²) < 4.78 is 0. The zero-order valence-electron chi connectivity index (χ0n) is 13.2. The molecule has 0 aliphatic carbocycles. The van der Waals surface area contributed by atoms with Crippen molar-refractivity contribution in [3.05, 3.63) is 47.5 Å². The first-order valence-electron chi connectivity index (χ1n) is 8.27. The summed E-state index contributed by atoms with van der Waals surface area (Å²) in [6, 6.07) is 14.4. The average molecular weight is 282 g/mol. The third-order valence-corrected chi connectivity index (χ3v) is 4.56. The topological polar surface area (TPSA) is 24.1 Å². The quantitative estimate of drug-likeness (QED) is 0.871. The first kappa shape index (κ1) is 14.6. The molecule has 0 bridgehead atoms. The molecule has 2 N–H and O–H groups in total. The summed E-state index contributed by atoms with van der Waals surface area (Å²) in [6.45, 7) is 6.82. The van der Waals surface area contributed by atoms with E-state index in [0.29, 0.717) is 12.1 Å². The van der Waals surface area contributed by atoms with Gasteiger partial charge in [0.1, 0.15) is 0 Å². The van der Waals surface area contributed by atoms with Gasteiger partial charge >= 0.3 is 0 Å². The Balaban J connectivity index is 1.98. The standard InChI is InChI=1S/C19H26N2/c1-3-6-16-10-9-15-7-4-5-8-18(15)19(16)14(2)21-17-11-12-20-13-17/h4-5,7-10,14,17,20-21H,3,6,11-13H2,1-2H3/t14-,17+/m1/s1. The molecule has 1 fully saturated rings. The number of fused-ring (bicyclic) bond motifs is 1. The Kier molecular flexibility index (Phi) is 4.57. The van der Waals surface area contributed by atoms with Gasteiger partial charge in [0.25, 0.3) is 0 Å². The third-order valence-electron chi connectivity index (χ3n) is 4.56. The largest absolute Gasteiger partial charge is 0.315 e. The van der Waals surface area contributed by atoms with Crippen LogP contribution in [0, 0.1) is 0 Å². The summed E-state index contributed by atoms with van der Waals surface area (Å²) in [5.74, 6) is 0. The molecule has 112 valence electrons. The van der Waals surface area contributed by atoms with Crippen LogP contribution in [0.1, 0.15) is 43.9 Å². The van der Waals surface area contributed by atoms with Crippen molar-refractivity contribution < 1.29 is 0 Å². The maximum absolute atomic E-state index is 3.82. The van der Waals surface area contributed by atoms with Crippen molar-refractivity contribution in [2.75, 3.05) is 13.1 Å². The highest BCUT2D eigenvalue weighted by molar-refractivity contribution is 5.87. The monoisotopic (exact) mass is 282 g/mol. The van der Waals surface area contributed by atoms with Crippen LogP contribution >= 0.6 is 0 Å². The van der Waals surface area contributed by atoms with Crippen LogP contribution in [0.5, 0.6) is 0 Å². The summed E-state index contributed by atoms with van der Waals surface area (Å²) in [6.07, 6.45) is 3.59. The van der Waals surface area contributed by atoms with E-state index in [4.69, 9.17) is 0 Å². The fourth-order valence-corrected chi connectivity index (χ4v) is 3.57. The molecule has 2 nitrogen and oxygen atoms in total. The molecule has 0 amide bonds. The van der Waals surface area contributed by atoms with Crippen LogP contribution in [0.2, 0.25) is 0 Å². The van der Waals surface area contributed by atoms with E-state index in [1.165, 1.54) is 34.7 Å². The number of aryl methyl sites for hydroxylation is 1. The van der Waals surface area contributed by atoms with Crippen molar-refractivity contribution in [2.24, 2.45) is 0 Å². The Labute approximate surface area is 127 Å². The van der Waals surface area contributed by atoms with Crippen LogP contribution in [0.3, 0.4) is 0 Å². The first-order chi connectivity index (χ1) is 10.3. The summed E-state index contributed by atoms with van der Waals surface area (Å²) in [5, 5.41) is 10.0. The zero-order chi connectivity index (χ0) is 14.7. The van der Waals surface area contributed by atoms with Gasteiger partial charge in [-0.2, -0.15) is 0 Å². The van der Waals surface area contributed by atoms with E-state index in [2.05, 4.69) is 60.9 Å². The lowest BCUT2D eigenvalue weighted by Gasteiger charge is -2.23. The molecule has 0 unspecified atom stereocenters. The van der Waals surface area contributed by atoms with Gasteiger partial charge in [0.15, 0.2) is 0 Å². The van der Waals surface area contributed by atoms with E-state index in [0.717, 1.165) is 19.5 Å². The van der Waals surface area contributed by atoms with Gasteiger partial charge in [-0.05, 0) is 48.2 Å². The normalized spacial score (nSPS) is 20.0. The molecule has 1 saturated heterocycles. The molecule has 2 aromatic carbocycles. The van der Waals surface area contributed by atoms with Gasteiger partial charge < -0.3 is 10.6 Å². The van der Waals surface area contributed by atoms with E-state index in [-0.39, 0.29) is 0 Å². The second-order valence-electron chi connectivity index (χ2n) is 6.19. The van der Waals surface area contributed by atoms with Gasteiger partial charge in [0.05, 0.1) is 0 Å². The number of nitrogens with one attached hydrogen (secondary N) is 2. The Morgan fingerprint density at radius 1 is 1.24 bits per heavy atom. The molecule has 2 atom stereocenters. The predicted molar refractivity (Wildman–Crippen MR) is 90.8 cm³/mol. The molecule has 0 spiro atoms. The maximum Gasteiger partial charge on any atom is 0.0303 e. The second kappa shape index (κ2) is 6.59. The van der Waals surface area contributed by atoms with E-state index in [1.807, 2.05) is 0 Å². The average Bonchev–Trinajstić information content (AvgIpc) is 3.00. The Morgan fingerprint density at radius 2 is 2.10 bits per heavy atom. The van der Waals surface area contributed by atoms with E-state index in [1.54, 1.807) is 0 Å². The van der Waals surface area contributed by atoms with Crippen LogP contribution in [-0.4, -0.2) is 19.1 Å². The fourth-order valence-electron chi connectivity index (χ4n) is 3.57. The lowest BCUT2D eigenvalue weighted by atomic mass is 9.91. The minimum atomic E-state index is 0.405. The van der Waals surface area contributed by atoms with Crippen LogP contribution in [0.4, 0.5) is 0 Å². The molecule has 1 aliphatic heterocycles. The lowest BCUT2D eigenvalue weighted by Crippen LogP contribution is -2.33. The van der Waals surface area contributed by atoms with Crippen LogP contribution < -0.4 is 10.6 Å². The number of hydrogen-bond acceptors (Lipinski definition) is 2. The van der Waals surface area contributed by atoms with Crippen LogP contribution in [-0.2, 0) is 6.42 Å². The van der Waals surface area contributed by atoms with Crippen molar-refractivity contribution in [3.8, 4) is 0 Å². The number of benzene rings is 2. The first-order valence-corrected chi connectivity index (χ1v) is 8.27. The SMILES string of the molecule is CCCc1ccc2ccccc2c1[C@@H](C)N[C@H]1CCNC1. The molecule has 1 aliphatic rings. The van der Waals surface area contributed by atoms with E-state index >= 15 is 0 Å². The van der Waals surface area contributed by atoms with Gasteiger partial charge in [-0.1, -0.05) is 49.7 Å². The van der Waals surface area contributed by atoms with Gasteiger partial charge in [0, 0.05) is 18.6 Å². The van der Waals surface area contributed by atoms with E-state index < -0.39 is 0 Å². The number of rotatable bonds is 5. The Morgan fingerprint density at radius 3 is 2.86 bits per heavy atom. The summed E-state index contributed by atoms with van der Waals surface area (Å²) in [4.78, 5) is 0. The molecule has 21 heavy (non-hydrogen) atoms. The van der Waals surface area contributed by atoms with Crippen molar-refractivity contribution in [2.45, 2.75) is 45.2 Å². The predicted octanol–water partition coefficient (Wildman–Crippen LogP) is 3.80. The Hall–Kier alpha value is -1.38. The molecule has 2 heteroatoms. The molecular formula is C19H26N2. The second-order valence-corrected chi connectivity index (χ2v) is 6.19. The molecule has 0 aromatic heterocycles. The van der Waals surface area contributed by atoms with Crippen molar-refractivity contribution in [3.63, 3.8) is 0 Å². The summed E-state index contributed by atoms with van der Waals surface area (Å²) in [5.41, 5.74) is 3.00. The van der Waals surface area contributed by atoms with Crippen molar-refractivity contribution in [1.29, 1.82) is 0 Å². The molecule has 2 aromatic rings. The Bertz CT molecular complexity index is 600. The minimum Gasteiger partial charge on any atom is -0.315 e. The summed E-state index contributed by atoms with van der Waals surface area (Å²) in [7, 11) is 0. The summed E-state index contributed by atoms with van der Waals surface area (Å²) >= 11 is 0. The highest BCUT2D eigenvalue weighted by Gasteiger charge is 2.20. The van der Waals surface area contributed by atoms with Gasteiger partial charge in [0.2, 0.25) is 0 Å². The van der Waals surface area contributed by atoms with Crippen molar-refractivity contribution in [1.82, 2.24) is 10.6 Å². The molecular weight excluding hydrogens is 256 g/mol. The van der Waals surface area contributed by atoms with Crippen molar-refractivity contribution >= 4 is 10.8 Å². The smallest absolute Gasteiger partial charge is 0.0303 e. The molecule has 0 saturated carbocycles. The van der Waals surface area contributed by atoms with Gasteiger partial charge in [-0.3, -0.25) is 0 Å². The molecule has 1 heterocycles. The zero-order valence-corrected chi connectivity index (χ0v) is 13.2. The highest BCUT2D eigenvalue weighted by Crippen LogP contribution is 2.29. The maximum atomic E-state index is 3.82. The molecule has 3 rings (SSSR count).